The minimum atomic E-state index is -8.78. The maximum atomic E-state index is 15.1. The first-order valence-corrected chi connectivity index (χ1v) is 10.9. The van der Waals surface area contributed by atoms with E-state index in [-0.39, 0.29) is 35.2 Å². The Hall–Kier alpha value is -2.68. The number of nitrogens with zero attached hydrogens (tertiary/aromatic N) is 1. The van der Waals surface area contributed by atoms with Crippen molar-refractivity contribution in [3.05, 3.63) is 41.1 Å². The van der Waals surface area contributed by atoms with E-state index < -0.39 is 96.9 Å². The Kier molecular flexibility index (Phi) is 9.12. The van der Waals surface area contributed by atoms with E-state index in [2.05, 4.69) is 4.74 Å². The predicted octanol–water partition coefficient (Wildman–Crippen LogP) is 8.39. The Morgan fingerprint density at radius 1 is 0.535 bits per heavy atom. The largest absolute Gasteiger partial charge is 0.460 e. The van der Waals surface area contributed by atoms with Gasteiger partial charge in [-0.05, 0) is 23.8 Å². The molecule has 43 heavy (non-hydrogen) atoms. The Labute approximate surface area is 225 Å². The van der Waals surface area contributed by atoms with E-state index in [4.69, 9.17) is 0 Å². The Balaban J connectivity index is 2.74. The van der Waals surface area contributed by atoms with Crippen molar-refractivity contribution in [2.45, 2.75) is 53.8 Å². The lowest BCUT2D eigenvalue weighted by Crippen LogP contribution is -2.74. The molecular formula is C21H13F20NO. The van der Waals surface area contributed by atoms with Gasteiger partial charge in [-0.1, -0.05) is 12.1 Å². The summed E-state index contributed by atoms with van der Waals surface area (Å²) in [7, 11) is 0. The summed E-state index contributed by atoms with van der Waals surface area (Å²) in [5.74, 6) is -57.9. The summed E-state index contributed by atoms with van der Waals surface area (Å²) >= 11 is 0. The van der Waals surface area contributed by atoms with Crippen molar-refractivity contribution < 1.29 is 92.5 Å². The van der Waals surface area contributed by atoms with E-state index in [1.165, 1.54) is 0 Å². The molecule has 0 saturated carbocycles. The highest BCUT2D eigenvalue weighted by Crippen LogP contribution is 2.64. The Morgan fingerprint density at radius 2 is 0.907 bits per heavy atom. The van der Waals surface area contributed by atoms with E-state index in [0.29, 0.717) is 0 Å². The van der Waals surface area contributed by atoms with Crippen LogP contribution in [0.5, 0.6) is 0 Å². The number of allylic oxidation sites excluding steroid dienone is 1. The monoisotopic (exact) mass is 675 g/mol. The average Bonchev–Trinajstić information content (AvgIpc) is 2.86. The maximum absolute atomic E-state index is 15.1. The van der Waals surface area contributed by atoms with Crippen molar-refractivity contribution in [3.8, 4) is 0 Å². The lowest BCUT2D eigenvalue weighted by molar-refractivity contribution is -0.460. The van der Waals surface area contributed by atoms with E-state index in [1.54, 1.807) is 0 Å². The van der Waals surface area contributed by atoms with Gasteiger partial charge in [-0.25, -0.2) is 0 Å². The lowest BCUT2D eigenvalue weighted by Gasteiger charge is -2.44. The molecule has 0 unspecified atom stereocenters. The van der Waals surface area contributed by atoms with Crippen LogP contribution in [0.15, 0.2) is 30.0 Å². The molecule has 248 valence electrons. The quantitative estimate of drug-likeness (QED) is 0.244. The first-order valence-electron chi connectivity index (χ1n) is 10.9. The van der Waals surface area contributed by atoms with Gasteiger partial charge in [-0.3, -0.25) is 0 Å². The SMILES string of the molecule is FC(F)(F)c1ccc(/C=C(\N2CCOCC2)C(F)(F)C(F)(F)C(F)(F)C(F)(F)C(F)(F)C(F)(F)C(F)(F)C(F)(F)F)cc1. The van der Waals surface area contributed by atoms with Gasteiger partial charge in [0.1, 0.15) is 0 Å². The van der Waals surface area contributed by atoms with Crippen LogP contribution in [0.25, 0.3) is 6.08 Å². The van der Waals surface area contributed by atoms with Crippen molar-refractivity contribution in [3.63, 3.8) is 0 Å². The first-order chi connectivity index (χ1) is 18.9. The molecule has 0 aliphatic carbocycles. The fourth-order valence-electron chi connectivity index (χ4n) is 3.44. The zero-order valence-corrected chi connectivity index (χ0v) is 20.1. The van der Waals surface area contributed by atoms with E-state index in [9.17, 15) is 79.0 Å². The molecule has 0 N–H and O–H groups in total. The van der Waals surface area contributed by atoms with Crippen LogP contribution in [-0.2, 0) is 10.9 Å². The molecule has 1 aliphatic heterocycles. The smallest absolute Gasteiger partial charge is 0.378 e. The molecule has 0 spiro atoms. The van der Waals surface area contributed by atoms with Gasteiger partial charge < -0.3 is 9.64 Å². The van der Waals surface area contributed by atoms with Crippen molar-refractivity contribution >= 4 is 6.08 Å². The van der Waals surface area contributed by atoms with Crippen LogP contribution in [-0.4, -0.2) is 78.8 Å². The van der Waals surface area contributed by atoms with Gasteiger partial charge in [0.05, 0.1) is 24.5 Å². The van der Waals surface area contributed by atoms with Gasteiger partial charge in [-0.15, -0.1) is 0 Å². The fraction of sp³-hybridized carbons (Fsp3) is 0.619. The number of hydrogen-bond donors (Lipinski definition) is 0. The van der Waals surface area contributed by atoms with E-state index in [1.807, 2.05) is 0 Å². The number of halogens is 20. The zero-order valence-electron chi connectivity index (χ0n) is 20.1. The average molecular weight is 675 g/mol. The number of ether oxygens (including phenoxy) is 1. The maximum Gasteiger partial charge on any atom is 0.460 e. The van der Waals surface area contributed by atoms with Gasteiger partial charge in [0.2, 0.25) is 0 Å². The summed E-state index contributed by atoms with van der Waals surface area (Å²) in [6.07, 6.45) is -13.2. The van der Waals surface area contributed by atoms with Crippen molar-refractivity contribution in [2.75, 3.05) is 26.3 Å². The van der Waals surface area contributed by atoms with Gasteiger partial charge in [0.15, 0.2) is 0 Å². The Morgan fingerprint density at radius 3 is 1.28 bits per heavy atom. The van der Waals surface area contributed by atoms with Crippen molar-refractivity contribution in [2.24, 2.45) is 0 Å². The topological polar surface area (TPSA) is 12.5 Å². The van der Waals surface area contributed by atoms with Crippen LogP contribution in [0.4, 0.5) is 87.8 Å². The molecule has 0 radical (unpaired) electrons. The summed E-state index contributed by atoms with van der Waals surface area (Å²) in [4.78, 5) is -0.0200. The molecule has 2 rings (SSSR count). The summed E-state index contributed by atoms with van der Waals surface area (Å²) in [5, 5.41) is 0. The second kappa shape index (κ2) is 10.7. The van der Waals surface area contributed by atoms with E-state index in [0.717, 1.165) is 0 Å². The van der Waals surface area contributed by atoms with Gasteiger partial charge in [0.25, 0.3) is 0 Å². The summed E-state index contributed by atoms with van der Waals surface area (Å²) in [5.41, 5.74) is -4.94. The molecule has 1 heterocycles. The zero-order chi connectivity index (χ0) is 33.9. The van der Waals surface area contributed by atoms with Gasteiger partial charge >= 0.3 is 53.8 Å². The summed E-state index contributed by atoms with van der Waals surface area (Å²) in [6.45, 7) is -3.33. The summed E-state index contributed by atoms with van der Waals surface area (Å²) < 4.78 is 276. The predicted molar refractivity (Wildman–Crippen MR) is 102 cm³/mol. The standard InChI is InChI=1S/C21H13F20NO/c22-13(23,12(42-5-7-43-8-6-42)9-10-1-3-11(4-2-10)14(24,25)26)15(27,28)16(29,30)17(31,32)18(33,34)19(35,36)20(37,38)21(39,40)41/h1-4,9H,5-8H2/b12-9-. The molecule has 1 aromatic rings. The second-order valence-corrected chi connectivity index (χ2v) is 8.77. The second-order valence-electron chi connectivity index (χ2n) is 8.77. The molecule has 1 aliphatic rings. The van der Waals surface area contributed by atoms with Crippen LogP contribution in [0.2, 0.25) is 0 Å². The third-order valence-electron chi connectivity index (χ3n) is 5.94. The molecule has 1 saturated heterocycles. The van der Waals surface area contributed by atoms with Gasteiger partial charge in [0, 0.05) is 13.1 Å². The van der Waals surface area contributed by atoms with Crippen LogP contribution >= 0.6 is 0 Å². The lowest BCUT2D eigenvalue weighted by atomic mass is 9.87. The van der Waals surface area contributed by atoms with E-state index >= 15 is 8.78 Å². The minimum absolute atomic E-state index is 0.0200. The first kappa shape index (κ1) is 36.5. The van der Waals surface area contributed by atoms with Crippen LogP contribution < -0.4 is 0 Å². The normalized spacial score (nSPS) is 17.9. The molecule has 1 fully saturated rings. The van der Waals surface area contributed by atoms with Crippen LogP contribution in [0.1, 0.15) is 11.1 Å². The third-order valence-corrected chi connectivity index (χ3v) is 5.94. The third kappa shape index (κ3) is 5.67. The van der Waals surface area contributed by atoms with Gasteiger partial charge in [-0.2, -0.15) is 87.8 Å². The number of rotatable bonds is 9. The van der Waals surface area contributed by atoms with Crippen molar-refractivity contribution in [1.82, 2.24) is 4.90 Å². The molecule has 1 aromatic carbocycles. The molecule has 0 amide bonds. The molecular weight excluding hydrogens is 662 g/mol. The molecule has 22 heteroatoms. The fourth-order valence-corrected chi connectivity index (χ4v) is 3.44. The molecule has 2 nitrogen and oxygen atoms in total. The highest BCUT2D eigenvalue weighted by molar-refractivity contribution is 5.55. The number of morpholine rings is 1. The molecule has 0 bridgehead atoms. The van der Waals surface area contributed by atoms with Crippen LogP contribution in [0, 0.1) is 0 Å². The summed E-state index contributed by atoms with van der Waals surface area (Å²) in [6, 6.07) is 0.840. The van der Waals surface area contributed by atoms with Crippen molar-refractivity contribution in [1.29, 1.82) is 0 Å². The Bertz CT molecular complexity index is 1160. The number of benzene rings is 1. The number of hydrogen-bond acceptors (Lipinski definition) is 2. The highest BCUT2D eigenvalue weighted by Gasteiger charge is 2.95. The highest BCUT2D eigenvalue weighted by atomic mass is 19.4. The molecule has 0 aromatic heterocycles. The minimum Gasteiger partial charge on any atom is -0.378 e. The number of alkyl halides is 20. The molecule has 0 atom stereocenters. The van der Waals surface area contributed by atoms with Crippen LogP contribution in [0.3, 0.4) is 0 Å².